The summed E-state index contributed by atoms with van der Waals surface area (Å²) in [5, 5.41) is 18.3. The van der Waals surface area contributed by atoms with E-state index < -0.39 is 17.7 Å². The largest absolute Gasteiger partial charge is 0.478 e. The molecule has 2 rings (SSSR count). The fraction of sp³-hybridized carbons (Fsp3) is 0. The van der Waals surface area contributed by atoms with Crippen LogP contribution >= 0.6 is 11.3 Å². The SMILES string of the molecule is O=C(O)C=Cc1ccc(C(=O)Nc2nncs2)c(F)c1. The maximum atomic E-state index is 13.8. The summed E-state index contributed by atoms with van der Waals surface area (Å²) < 4.78 is 13.8. The van der Waals surface area contributed by atoms with Gasteiger partial charge < -0.3 is 5.11 Å². The average Bonchev–Trinajstić information content (AvgIpc) is 2.89. The molecule has 102 valence electrons. The zero-order valence-corrected chi connectivity index (χ0v) is 10.7. The quantitative estimate of drug-likeness (QED) is 0.841. The molecule has 8 heteroatoms. The molecule has 2 aromatic rings. The van der Waals surface area contributed by atoms with Gasteiger partial charge in [-0.25, -0.2) is 9.18 Å². The third-order valence-corrected chi connectivity index (χ3v) is 2.84. The standard InChI is InChI=1S/C12H8FN3O3S/c13-9-5-7(2-4-10(17)18)1-3-8(9)11(19)15-12-16-14-6-20-12/h1-6H,(H,17,18)(H,15,16,19). The lowest BCUT2D eigenvalue weighted by atomic mass is 10.1. The number of rotatable bonds is 4. The zero-order valence-electron chi connectivity index (χ0n) is 9.91. The van der Waals surface area contributed by atoms with Crippen molar-refractivity contribution in [1.29, 1.82) is 0 Å². The van der Waals surface area contributed by atoms with Gasteiger partial charge in [-0.3, -0.25) is 10.1 Å². The lowest BCUT2D eigenvalue weighted by Crippen LogP contribution is -2.13. The van der Waals surface area contributed by atoms with E-state index in [9.17, 15) is 14.0 Å². The molecule has 0 unspecified atom stereocenters. The van der Waals surface area contributed by atoms with E-state index in [1.807, 2.05) is 0 Å². The lowest BCUT2D eigenvalue weighted by Gasteiger charge is -2.03. The Hall–Kier alpha value is -2.61. The number of anilines is 1. The summed E-state index contributed by atoms with van der Waals surface area (Å²) in [5.41, 5.74) is 1.62. The first kappa shape index (κ1) is 13.8. The van der Waals surface area contributed by atoms with Crippen LogP contribution in [0.3, 0.4) is 0 Å². The number of nitrogens with one attached hydrogen (secondary N) is 1. The number of amides is 1. The fourth-order valence-electron chi connectivity index (χ4n) is 1.38. The van der Waals surface area contributed by atoms with E-state index in [2.05, 4.69) is 15.5 Å². The minimum absolute atomic E-state index is 0.160. The molecular weight excluding hydrogens is 285 g/mol. The smallest absolute Gasteiger partial charge is 0.328 e. The molecule has 0 bridgehead atoms. The van der Waals surface area contributed by atoms with Crippen LogP contribution in [0.25, 0.3) is 6.08 Å². The third kappa shape index (κ3) is 3.45. The summed E-state index contributed by atoms with van der Waals surface area (Å²) in [7, 11) is 0. The van der Waals surface area contributed by atoms with Crippen molar-refractivity contribution >= 4 is 34.4 Å². The topological polar surface area (TPSA) is 92.2 Å². The van der Waals surface area contributed by atoms with Gasteiger partial charge in [0, 0.05) is 6.08 Å². The van der Waals surface area contributed by atoms with Gasteiger partial charge in [-0.05, 0) is 23.8 Å². The van der Waals surface area contributed by atoms with Crippen LogP contribution in [0.5, 0.6) is 0 Å². The fourth-order valence-corrected chi connectivity index (χ4v) is 1.82. The molecule has 0 fully saturated rings. The van der Waals surface area contributed by atoms with Gasteiger partial charge in [0.1, 0.15) is 11.3 Å². The van der Waals surface area contributed by atoms with Crippen molar-refractivity contribution in [3.63, 3.8) is 0 Å². The van der Waals surface area contributed by atoms with Gasteiger partial charge in [-0.15, -0.1) is 10.2 Å². The highest BCUT2D eigenvalue weighted by molar-refractivity contribution is 7.13. The molecule has 0 radical (unpaired) electrons. The van der Waals surface area contributed by atoms with Crippen LogP contribution < -0.4 is 5.32 Å². The predicted octanol–water partition coefficient (Wildman–Crippen LogP) is 2.03. The van der Waals surface area contributed by atoms with Crippen molar-refractivity contribution < 1.29 is 19.1 Å². The number of carbonyl (C=O) groups is 2. The molecule has 0 saturated carbocycles. The van der Waals surface area contributed by atoms with Crippen LogP contribution in [0.15, 0.2) is 29.8 Å². The van der Waals surface area contributed by atoms with Crippen LogP contribution in [0.2, 0.25) is 0 Å². The molecular formula is C12H8FN3O3S. The number of nitrogens with zero attached hydrogens (tertiary/aromatic N) is 2. The molecule has 2 N–H and O–H groups in total. The van der Waals surface area contributed by atoms with Crippen molar-refractivity contribution in [3.05, 3.63) is 46.7 Å². The Bertz CT molecular complexity index is 671. The van der Waals surface area contributed by atoms with Crippen molar-refractivity contribution in [3.8, 4) is 0 Å². The van der Waals surface area contributed by atoms with Gasteiger partial charge in [-0.2, -0.15) is 0 Å². The van der Waals surface area contributed by atoms with Gasteiger partial charge in [0.25, 0.3) is 5.91 Å². The number of carboxylic acid groups (broad SMARTS) is 1. The van der Waals surface area contributed by atoms with Gasteiger partial charge in [0.2, 0.25) is 5.13 Å². The first-order valence-electron chi connectivity index (χ1n) is 5.34. The predicted molar refractivity (Wildman–Crippen MR) is 70.9 cm³/mol. The number of aliphatic carboxylic acids is 1. The van der Waals surface area contributed by atoms with Gasteiger partial charge in [0.05, 0.1) is 5.56 Å². The van der Waals surface area contributed by atoms with Crippen LogP contribution in [0.1, 0.15) is 15.9 Å². The maximum Gasteiger partial charge on any atom is 0.328 e. The number of carbonyl (C=O) groups excluding carboxylic acids is 1. The highest BCUT2D eigenvalue weighted by atomic mass is 32.1. The number of hydrogen-bond donors (Lipinski definition) is 2. The molecule has 6 nitrogen and oxygen atoms in total. The molecule has 0 aliphatic heterocycles. The Morgan fingerprint density at radius 3 is 2.80 bits per heavy atom. The molecule has 0 atom stereocenters. The van der Waals surface area contributed by atoms with E-state index in [0.29, 0.717) is 5.56 Å². The van der Waals surface area contributed by atoms with Crippen molar-refractivity contribution in [2.45, 2.75) is 0 Å². The Morgan fingerprint density at radius 1 is 1.40 bits per heavy atom. The Kier molecular flexibility index (Phi) is 4.16. The summed E-state index contributed by atoms with van der Waals surface area (Å²) >= 11 is 1.11. The van der Waals surface area contributed by atoms with Crippen molar-refractivity contribution in [2.24, 2.45) is 0 Å². The minimum Gasteiger partial charge on any atom is -0.478 e. The first-order chi connectivity index (χ1) is 9.56. The van der Waals surface area contributed by atoms with Crippen LogP contribution in [-0.2, 0) is 4.79 Å². The van der Waals surface area contributed by atoms with E-state index in [0.717, 1.165) is 23.5 Å². The average molecular weight is 293 g/mol. The molecule has 0 spiro atoms. The molecule has 1 amide bonds. The normalized spacial score (nSPS) is 10.7. The monoisotopic (exact) mass is 293 g/mol. The summed E-state index contributed by atoms with van der Waals surface area (Å²) in [6, 6.07) is 3.79. The number of aromatic nitrogens is 2. The van der Waals surface area contributed by atoms with E-state index in [1.165, 1.54) is 23.7 Å². The molecule has 0 aliphatic carbocycles. The molecule has 1 heterocycles. The molecule has 1 aromatic carbocycles. The summed E-state index contributed by atoms with van der Waals surface area (Å²) in [4.78, 5) is 22.1. The Balaban J connectivity index is 2.17. The highest BCUT2D eigenvalue weighted by Gasteiger charge is 2.13. The van der Waals surface area contributed by atoms with Crippen molar-refractivity contribution in [1.82, 2.24) is 10.2 Å². The molecule has 0 aliphatic rings. The molecule has 1 aromatic heterocycles. The summed E-state index contributed by atoms with van der Waals surface area (Å²) in [6.45, 7) is 0. The second kappa shape index (κ2) is 6.02. The molecule has 0 saturated heterocycles. The maximum absolute atomic E-state index is 13.8. The third-order valence-electron chi connectivity index (χ3n) is 2.24. The summed E-state index contributed by atoms with van der Waals surface area (Å²) in [6.07, 6.45) is 2.12. The number of benzene rings is 1. The van der Waals surface area contributed by atoms with Gasteiger partial charge in [-0.1, -0.05) is 17.4 Å². The van der Waals surface area contributed by atoms with E-state index >= 15 is 0 Å². The van der Waals surface area contributed by atoms with Crippen molar-refractivity contribution in [2.75, 3.05) is 5.32 Å². The van der Waals surface area contributed by atoms with Gasteiger partial charge >= 0.3 is 5.97 Å². The number of carboxylic acids is 1. The van der Waals surface area contributed by atoms with Crippen LogP contribution in [0.4, 0.5) is 9.52 Å². The second-order valence-corrected chi connectivity index (χ2v) is 4.44. The minimum atomic E-state index is -1.14. The zero-order chi connectivity index (χ0) is 14.5. The van der Waals surface area contributed by atoms with Crippen LogP contribution in [-0.4, -0.2) is 27.2 Å². The van der Waals surface area contributed by atoms with Crippen LogP contribution in [0, 0.1) is 5.82 Å². The van der Waals surface area contributed by atoms with E-state index in [-0.39, 0.29) is 10.7 Å². The highest BCUT2D eigenvalue weighted by Crippen LogP contribution is 2.15. The number of hydrogen-bond acceptors (Lipinski definition) is 5. The lowest BCUT2D eigenvalue weighted by molar-refractivity contribution is -0.131. The summed E-state index contributed by atoms with van der Waals surface area (Å²) in [5.74, 6) is -2.53. The molecule has 20 heavy (non-hydrogen) atoms. The van der Waals surface area contributed by atoms with E-state index in [1.54, 1.807) is 0 Å². The van der Waals surface area contributed by atoms with E-state index in [4.69, 9.17) is 5.11 Å². The Labute approximate surface area is 116 Å². The number of halogens is 1. The van der Waals surface area contributed by atoms with Gasteiger partial charge in [0.15, 0.2) is 0 Å². The Morgan fingerprint density at radius 2 is 2.20 bits per heavy atom. The first-order valence-corrected chi connectivity index (χ1v) is 6.22. The second-order valence-electron chi connectivity index (χ2n) is 3.61.